The molecule has 1 saturated carbocycles. The number of aromatic hydroxyl groups is 2. The van der Waals surface area contributed by atoms with Gasteiger partial charge < -0.3 is 10.2 Å². The van der Waals surface area contributed by atoms with Crippen molar-refractivity contribution in [2.24, 2.45) is 17.3 Å². The first kappa shape index (κ1) is 18.8. The maximum atomic E-state index is 9.99. The van der Waals surface area contributed by atoms with Crippen molar-refractivity contribution in [3.8, 4) is 11.5 Å². The Labute approximate surface area is 157 Å². The summed E-state index contributed by atoms with van der Waals surface area (Å²) in [5.41, 5.74) is 4.66. The lowest BCUT2D eigenvalue weighted by atomic mass is 9.47. The van der Waals surface area contributed by atoms with Crippen LogP contribution >= 0.6 is 0 Å². The highest BCUT2D eigenvalue weighted by Crippen LogP contribution is 2.59. The van der Waals surface area contributed by atoms with E-state index in [-0.39, 0.29) is 5.41 Å². The molecule has 1 aliphatic rings. The number of hydrogen-bond donors (Lipinski definition) is 2. The predicted molar refractivity (Wildman–Crippen MR) is 108 cm³/mol. The zero-order chi connectivity index (χ0) is 19.3. The number of aryl methyl sites for hydroxylation is 2. The first-order chi connectivity index (χ1) is 12.0. The van der Waals surface area contributed by atoms with E-state index in [4.69, 9.17) is 0 Å². The van der Waals surface area contributed by atoms with Crippen LogP contribution in [-0.2, 0) is 5.41 Å². The molecule has 0 aromatic heterocycles. The van der Waals surface area contributed by atoms with Crippen molar-refractivity contribution < 1.29 is 10.2 Å². The van der Waals surface area contributed by atoms with Gasteiger partial charge in [-0.3, -0.25) is 0 Å². The summed E-state index contributed by atoms with van der Waals surface area (Å²) in [5, 5.41) is 20.0. The van der Waals surface area contributed by atoms with E-state index in [2.05, 4.69) is 52.0 Å². The molecule has 0 saturated heterocycles. The second-order valence-electron chi connectivity index (χ2n) is 9.49. The molecule has 2 aromatic carbocycles. The van der Waals surface area contributed by atoms with Crippen molar-refractivity contribution in [1.29, 1.82) is 0 Å². The molecule has 0 bridgehead atoms. The quantitative estimate of drug-likeness (QED) is 0.701. The second kappa shape index (κ2) is 6.33. The molecule has 2 atom stereocenters. The Morgan fingerprint density at radius 2 is 1.38 bits per heavy atom. The fourth-order valence-electron chi connectivity index (χ4n) is 4.85. The standard InChI is InChI=1S/C24H32O2/c1-15-11-19(7-9-21(15)25)24(20-8-10-22(26)16(2)12-20)14-18(17(24)3)13-23(4,5)6/h7-12,17-18,25-26H,13-14H2,1-6H3/t17-,18+/m0/s1. The number of hydrogen-bond acceptors (Lipinski definition) is 2. The molecule has 0 radical (unpaired) electrons. The predicted octanol–water partition coefficient (Wildman–Crippen LogP) is 6.09. The van der Waals surface area contributed by atoms with E-state index in [1.807, 2.05) is 26.0 Å². The van der Waals surface area contributed by atoms with Crippen molar-refractivity contribution in [3.63, 3.8) is 0 Å². The minimum atomic E-state index is -0.0488. The summed E-state index contributed by atoms with van der Waals surface area (Å²) in [4.78, 5) is 0. The summed E-state index contributed by atoms with van der Waals surface area (Å²) < 4.78 is 0. The summed E-state index contributed by atoms with van der Waals surface area (Å²) in [6.45, 7) is 13.2. The third-order valence-electron chi connectivity index (χ3n) is 6.37. The molecule has 1 fully saturated rings. The molecule has 2 nitrogen and oxygen atoms in total. The number of rotatable bonds is 3. The maximum absolute atomic E-state index is 9.99. The molecule has 0 unspecified atom stereocenters. The van der Waals surface area contributed by atoms with Gasteiger partial charge in [0.05, 0.1) is 0 Å². The lowest BCUT2D eigenvalue weighted by Gasteiger charge is -2.56. The van der Waals surface area contributed by atoms with E-state index < -0.39 is 0 Å². The summed E-state index contributed by atoms with van der Waals surface area (Å²) in [6, 6.07) is 12.1. The topological polar surface area (TPSA) is 40.5 Å². The fraction of sp³-hybridized carbons (Fsp3) is 0.500. The molecule has 1 aliphatic carbocycles. The maximum Gasteiger partial charge on any atom is 0.118 e. The van der Waals surface area contributed by atoms with Gasteiger partial charge in [0.15, 0.2) is 0 Å². The van der Waals surface area contributed by atoms with E-state index in [0.717, 1.165) is 17.5 Å². The third kappa shape index (κ3) is 3.11. The Morgan fingerprint density at radius 3 is 1.73 bits per heavy atom. The monoisotopic (exact) mass is 352 g/mol. The van der Waals surface area contributed by atoms with E-state index >= 15 is 0 Å². The smallest absolute Gasteiger partial charge is 0.118 e. The summed E-state index contributed by atoms with van der Waals surface area (Å²) >= 11 is 0. The van der Waals surface area contributed by atoms with Crippen LogP contribution in [0.25, 0.3) is 0 Å². The van der Waals surface area contributed by atoms with Gasteiger partial charge in [-0.15, -0.1) is 0 Å². The fourth-order valence-corrected chi connectivity index (χ4v) is 4.85. The van der Waals surface area contributed by atoms with E-state index in [0.29, 0.717) is 28.7 Å². The number of phenolic OH excluding ortho intramolecular Hbond substituents is 2. The second-order valence-corrected chi connectivity index (χ2v) is 9.49. The highest BCUT2D eigenvalue weighted by atomic mass is 16.3. The van der Waals surface area contributed by atoms with Crippen LogP contribution in [0, 0.1) is 31.1 Å². The lowest BCUT2D eigenvalue weighted by molar-refractivity contribution is 0.0434. The third-order valence-corrected chi connectivity index (χ3v) is 6.37. The van der Waals surface area contributed by atoms with Crippen LogP contribution in [0.4, 0.5) is 0 Å². The van der Waals surface area contributed by atoms with Gasteiger partial charge >= 0.3 is 0 Å². The lowest BCUT2D eigenvalue weighted by Crippen LogP contribution is -2.51. The van der Waals surface area contributed by atoms with Crippen molar-refractivity contribution in [2.45, 2.75) is 59.8 Å². The van der Waals surface area contributed by atoms with Gasteiger partial charge in [0.2, 0.25) is 0 Å². The molecule has 3 rings (SSSR count). The van der Waals surface area contributed by atoms with Crippen LogP contribution in [0.2, 0.25) is 0 Å². The molecule has 0 spiro atoms. The van der Waals surface area contributed by atoms with E-state index in [9.17, 15) is 10.2 Å². The van der Waals surface area contributed by atoms with Crippen LogP contribution in [0.1, 0.15) is 62.8 Å². The average Bonchev–Trinajstić information content (AvgIpc) is 2.55. The van der Waals surface area contributed by atoms with Gasteiger partial charge in [-0.2, -0.15) is 0 Å². The molecular formula is C24H32O2. The Hall–Kier alpha value is -1.96. The van der Waals surface area contributed by atoms with E-state index in [1.165, 1.54) is 17.5 Å². The molecule has 0 amide bonds. The summed E-state index contributed by atoms with van der Waals surface area (Å²) in [6.07, 6.45) is 2.32. The molecule has 26 heavy (non-hydrogen) atoms. The van der Waals surface area contributed by atoms with Crippen LogP contribution in [0.5, 0.6) is 11.5 Å². The van der Waals surface area contributed by atoms with Gasteiger partial charge in [-0.25, -0.2) is 0 Å². The van der Waals surface area contributed by atoms with Crippen molar-refractivity contribution >= 4 is 0 Å². The van der Waals surface area contributed by atoms with Crippen LogP contribution in [0.15, 0.2) is 36.4 Å². The molecule has 2 heteroatoms. The Morgan fingerprint density at radius 1 is 0.923 bits per heavy atom. The molecule has 140 valence electrons. The van der Waals surface area contributed by atoms with Crippen LogP contribution in [0.3, 0.4) is 0 Å². The van der Waals surface area contributed by atoms with Crippen molar-refractivity contribution in [3.05, 3.63) is 58.7 Å². The summed E-state index contributed by atoms with van der Waals surface area (Å²) in [5.74, 6) is 1.89. The highest BCUT2D eigenvalue weighted by molar-refractivity contribution is 5.50. The van der Waals surface area contributed by atoms with Gasteiger partial charge in [0.1, 0.15) is 11.5 Å². The van der Waals surface area contributed by atoms with Gasteiger partial charge in [0, 0.05) is 5.41 Å². The van der Waals surface area contributed by atoms with Crippen molar-refractivity contribution in [2.75, 3.05) is 0 Å². The Kier molecular flexibility index (Phi) is 4.58. The Bertz CT molecular complexity index is 762. The van der Waals surface area contributed by atoms with Crippen LogP contribution in [-0.4, -0.2) is 10.2 Å². The zero-order valence-corrected chi connectivity index (χ0v) is 16.9. The normalized spacial score (nSPS) is 22.1. The Balaban J connectivity index is 2.08. The first-order valence-electron chi connectivity index (χ1n) is 9.65. The van der Waals surface area contributed by atoms with Crippen LogP contribution < -0.4 is 0 Å². The van der Waals surface area contributed by atoms with Gasteiger partial charge in [-0.1, -0.05) is 52.0 Å². The van der Waals surface area contributed by atoms with Crippen molar-refractivity contribution in [1.82, 2.24) is 0 Å². The molecule has 0 aliphatic heterocycles. The largest absolute Gasteiger partial charge is 0.508 e. The van der Waals surface area contributed by atoms with Gasteiger partial charge in [-0.05, 0) is 78.3 Å². The zero-order valence-electron chi connectivity index (χ0n) is 16.9. The van der Waals surface area contributed by atoms with Gasteiger partial charge in [0.25, 0.3) is 0 Å². The SMILES string of the molecule is Cc1cc(C2(c3ccc(O)c(C)c3)C[C@@H](CC(C)(C)C)[C@@H]2C)ccc1O. The molecule has 2 aromatic rings. The van der Waals surface area contributed by atoms with E-state index in [1.54, 1.807) is 0 Å². The average molecular weight is 353 g/mol. The molecular weight excluding hydrogens is 320 g/mol. The highest BCUT2D eigenvalue weighted by Gasteiger charge is 2.53. The first-order valence-corrected chi connectivity index (χ1v) is 9.65. The number of benzene rings is 2. The molecule has 2 N–H and O–H groups in total. The minimum absolute atomic E-state index is 0.0488. The minimum Gasteiger partial charge on any atom is -0.508 e. The summed E-state index contributed by atoms with van der Waals surface area (Å²) in [7, 11) is 0. The molecule has 0 heterocycles. The number of phenols is 2.